The Morgan fingerprint density at radius 3 is 2.40 bits per heavy atom. The van der Waals surface area contributed by atoms with Crippen LogP contribution in [0.1, 0.15) is 31.2 Å². The van der Waals surface area contributed by atoms with Gasteiger partial charge in [-0.05, 0) is 42.7 Å². The van der Waals surface area contributed by atoms with Crippen LogP contribution in [0.2, 0.25) is 0 Å². The molecule has 1 saturated carbocycles. The van der Waals surface area contributed by atoms with Crippen molar-refractivity contribution in [3.05, 3.63) is 54.1 Å². The number of para-hydroxylation sites is 1. The van der Waals surface area contributed by atoms with Crippen molar-refractivity contribution in [3.8, 4) is 5.75 Å². The summed E-state index contributed by atoms with van der Waals surface area (Å²) >= 11 is 0. The minimum Gasteiger partial charge on any atom is -0.497 e. The number of hydrogen-bond acceptors (Lipinski definition) is 4. The Bertz CT molecular complexity index is 798. The van der Waals surface area contributed by atoms with Crippen molar-refractivity contribution in [3.63, 3.8) is 0 Å². The zero-order valence-electron chi connectivity index (χ0n) is 14.4. The minimum atomic E-state index is -3.59. The van der Waals surface area contributed by atoms with Gasteiger partial charge in [-0.15, -0.1) is 0 Å². The summed E-state index contributed by atoms with van der Waals surface area (Å²) in [5, 5.41) is 3.39. The van der Waals surface area contributed by atoms with Crippen LogP contribution in [0.4, 0.5) is 5.69 Å². The van der Waals surface area contributed by atoms with Crippen LogP contribution in [0, 0.1) is 0 Å². The zero-order valence-corrected chi connectivity index (χ0v) is 15.2. The first-order valence-corrected chi connectivity index (χ1v) is 10.0. The lowest BCUT2D eigenvalue weighted by atomic mass is 10.2. The average Bonchev–Trinajstić information content (AvgIpc) is 3.14. The molecule has 134 valence electrons. The number of hydrogen-bond donors (Lipinski definition) is 2. The fraction of sp³-hybridized carbons (Fsp3) is 0.368. The molecule has 2 aromatic rings. The molecular formula is C19H24N2O3S. The van der Waals surface area contributed by atoms with Gasteiger partial charge >= 0.3 is 0 Å². The fourth-order valence-electron chi connectivity index (χ4n) is 3.11. The van der Waals surface area contributed by atoms with E-state index in [2.05, 4.69) is 10.0 Å². The van der Waals surface area contributed by atoms with Crippen LogP contribution in [0.3, 0.4) is 0 Å². The second-order valence-corrected chi connectivity index (χ2v) is 8.03. The monoisotopic (exact) mass is 360 g/mol. The van der Waals surface area contributed by atoms with Gasteiger partial charge in [-0.3, -0.25) is 0 Å². The molecule has 0 radical (unpaired) electrons. The van der Waals surface area contributed by atoms with Gasteiger partial charge < -0.3 is 10.1 Å². The van der Waals surface area contributed by atoms with Crippen molar-refractivity contribution in [2.24, 2.45) is 0 Å². The molecule has 6 heteroatoms. The van der Waals surface area contributed by atoms with E-state index >= 15 is 0 Å². The van der Waals surface area contributed by atoms with Gasteiger partial charge in [-0.2, -0.15) is 0 Å². The highest BCUT2D eigenvalue weighted by atomic mass is 32.2. The van der Waals surface area contributed by atoms with Crippen LogP contribution in [-0.2, 0) is 16.6 Å². The molecule has 0 unspecified atom stereocenters. The van der Waals surface area contributed by atoms with Gasteiger partial charge in [0.2, 0.25) is 10.0 Å². The highest BCUT2D eigenvalue weighted by molar-refractivity contribution is 7.89. The van der Waals surface area contributed by atoms with Gasteiger partial charge in [0.25, 0.3) is 0 Å². The Kier molecular flexibility index (Phi) is 5.60. The standard InChI is InChI=1S/C19H24N2O3S/c1-24-17-12-10-15(11-13-17)14-20-25(22,23)19-9-5-4-8-18(19)21-16-6-2-3-7-16/h4-5,8-13,16,20-21H,2-3,6-7,14H2,1H3. The van der Waals surface area contributed by atoms with Crippen molar-refractivity contribution >= 4 is 15.7 Å². The Morgan fingerprint density at radius 1 is 1.04 bits per heavy atom. The van der Waals surface area contributed by atoms with Gasteiger partial charge in [0.1, 0.15) is 10.6 Å². The van der Waals surface area contributed by atoms with Crippen LogP contribution < -0.4 is 14.8 Å². The molecule has 25 heavy (non-hydrogen) atoms. The van der Waals surface area contributed by atoms with E-state index in [0.29, 0.717) is 16.6 Å². The summed E-state index contributed by atoms with van der Waals surface area (Å²) in [6, 6.07) is 14.8. The second-order valence-electron chi connectivity index (χ2n) is 6.29. The molecule has 0 aromatic heterocycles. The molecular weight excluding hydrogens is 336 g/mol. The van der Waals surface area contributed by atoms with Gasteiger partial charge in [0.05, 0.1) is 12.8 Å². The Balaban J connectivity index is 1.72. The van der Waals surface area contributed by atoms with Crippen LogP contribution in [0.25, 0.3) is 0 Å². The first-order valence-electron chi connectivity index (χ1n) is 8.56. The van der Waals surface area contributed by atoms with E-state index in [4.69, 9.17) is 4.74 Å². The number of rotatable bonds is 7. The molecule has 0 amide bonds. The molecule has 3 rings (SSSR count). The Morgan fingerprint density at radius 2 is 1.72 bits per heavy atom. The quantitative estimate of drug-likeness (QED) is 0.793. The molecule has 1 aliphatic carbocycles. The van der Waals surface area contributed by atoms with Crippen molar-refractivity contribution < 1.29 is 13.2 Å². The summed E-state index contributed by atoms with van der Waals surface area (Å²) < 4.78 is 33.3. The Labute approximate surface area is 149 Å². The van der Waals surface area contributed by atoms with Crippen molar-refractivity contribution in [2.45, 2.75) is 43.2 Å². The Hall–Kier alpha value is -2.05. The maximum Gasteiger partial charge on any atom is 0.242 e. The summed E-state index contributed by atoms with van der Waals surface area (Å²) in [4.78, 5) is 0.301. The highest BCUT2D eigenvalue weighted by Gasteiger charge is 2.21. The third kappa shape index (κ3) is 4.52. The average molecular weight is 360 g/mol. The largest absolute Gasteiger partial charge is 0.497 e. The number of anilines is 1. The molecule has 5 nitrogen and oxygen atoms in total. The first-order chi connectivity index (χ1) is 12.1. The first kappa shape index (κ1) is 17.8. The van der Waals surface area contributed by atoms with E-state index in [9.17, 15) is 8.42 Å². The fourth-order valence-corrected chi connectivity index (χ4v) is 4.30. The molecule has 2 N–H and O–H groups in total. The molecule has 0 atom stereocenters. The van der Waals surface area contributed by atoms with Crippen molar-refractivity contribution in [1.29, 1.82) is 0 Å². The summed E-state index contributed by atoms with van der Waals surface area (Å²) in [6.07, 6.45) is 4.58. The molecule has 0 saturated heterocycles. The molecule has 0 bridgehead atoms. The van der Waals surface area contributed by atoms with E-state index in [1.807, 2.05) is 36.4 Å². The van der Waals surface area contributed by atoms with Gasteiger partial charge in [0.15, 0.2) is 0 Å². The smallest absolute Gasteiger partial charge is 0.242 e. The number of sulfonamides is 1. The van der Waals surface area contributed by atoms with Crippen LogP contribution >= 0.6 is 0 Å². The highest BCUT2D eigenvalue weighted by Crippen LogP contribution is 2.27. The summed E-state index contributed by atoms with van der Waals surface area (Å²) in [7, 11) is -1.99. The second kappa shape index (κ2) is 7.89. The van der Waals surface area contributed by atoms with Gasteiger partial charge in [-0.1, -0.05) is 37.1 Å². The maximum absolute atomic E-state index is 12.7. The topological polar surface area (TPSA) is 67.4 Å². The van der Waals surface area contributed by atoms with Crippen LogP contribution in [0.5, 0.6) is 5.75 Å². The van der Waals surface area contributed by atoms with Crippen LogP contribution in [-0.4, -0.2) is 21.6 Å². The number of ether oxygens (including phenoxy) is 1. The normalized spacial score (nSPS) is 15.2. The maximum atomic E-state index is 12.7. The SMILES string of the molecule is COc1ccc(CNS(=O)(=O)c2ccccc2NC2CCCC2)cc1. The van der Waals surface area contributed by atoms with Gasteiger partial charge in [-0.25, -0.2) is 13.1 Å². The predicted molar refractivity (Wildman–Crippen MR) is 99.3 cm³/mol. The van der Waals surface area contributed by atoms with E-state index < -0.39 is 10.0 Å². The molecule has 1 fully saturated rings. The minimum absolute atomic E-state index is 0.240. The molecule has 0 aliphatic heterocycles. The van der Waals surface area contributed by atoms with E-state index in [0.717, 1.165) is 24.2 Å². The predicted octanol–water partition coefficient (Wildman–Crippen LogP) is 3.53. The molecule has 1 aliphatic rings. The van der Waals surface area contributed by atoms with Crippen molar-refractivity contribution in [1.82, 2.24) is 4.72 Å². The molecule has 0 heterocycles. The number of nitrogens with one attached hydrogen (secondary N) is 2. The summed E-state index contributed by atoms with van der Waals surface area (Å²) in [5.41, 5.74) is 1.56. The van der Waals surface area contributed by atoms with Crippen LogP contribution in [0.15, 0.2) is 53.4 Å². The summed E-state index contributed by atoms with van der Waals surface area (Å²) in [5.74, 6) is 0.748. The number of methoxy groups -OCH3 is 1. The number of benzene rings is 2. The lowest BCUT2D eigenvalue weighted by molar-refractivity contribution is 0.414. The van der Waals surface area contributed by atoms with Gasteiger partial charge in [0, 0.05) is 12.6 Å². The zero-order chi connectivity index (χ0) is 17.7. The van der Waals surface area contributed by atoms with Crippen molar-refractivity contribution in [2.75, 3.05) is 12.4 Å². The molecule has 2 aromatic carbocycles. The van der Waals surface area contributed by atoms with E-state index in [-0.39, 0.29) is 6.54 Å². The third-order valence-corrected chi connectivity index (χ3v) is 5.98. The molecule has 0 spiro atoms. The van der Waals surface area contributed by atoms with E-state index in [1.54, 1.807) is 19.2 Å². The lowest BCUT2D eigenvalue weighted by Crippen LogP contribution is -2.25. The summed E-state index contributed by atoms with van der Waals surface area (Å²) in [6.45, 7) is 0.240. The third-order valence-electron chi connectivity index (χ3n) is 4.52. The lowest BCUT2D eigenvalue weighted by Gasteiger charge is -2.17. The van der Waals surface area contributed by atoms with E-state index in [1.165, 1.54) is 12.8 Å².